The molecule has 0 aromatic heterocycles. The monoisotopic (exact) mass is 223 g/mol. The SMILES string of the molecule is CC1CCC(C(C)(C)C2CCCC2)C(N)C1. The van der Waals surface area contributed by atoms with E-state index in [1.807, 2.05) is 0 Å². The summed E-state index contributed by atoms with van der Waals surface area (Å²) >= 11 is 0. The molecule has 2 aliphatic rings. The van der Waals surface area contributed by atoms with E-state index >= 15 is 0 Å². The molecule has 3 atom stereocenters. The van der Waals surface area contributed by atoms with Crippen LogP contribution in [0.5, 0.6) is 0 Å². The Morgan fingerprint density at radius 3 is 2.19 bits per heavy atom. The molecule has 2 fully saturated rings. The Morgan fingerprint density at radius 1 is 1.00 bits per heavy atom. The second-order valence-corrected chi connectivity index (χ2v) is 6.99. The topological polar surface area (TPSA) is 26.0 Å². The zero-order valence-electron chi connectivity index (χ0n) is 11.3. The summed E-state index contributed by atoms with van der Waals surface area (Å²) in [6.45, 7) is 7.34. The van der Waals surface area contributed by atoms with Crippen LogP contribution >= 0.6 is 0 Å². The predicted octanol–water partition coefficient (Wildman–Crippen LogP) is 3.97. The van der Waals surface area contributed by atoms with E-state index in [1.165, 1.54) is 44.9 Å². The van der Waals surface area contributed by atoms with Gasteiger partial charge in [-0.05, 0) is 48.9 Å². The molecule has 0 aromatic rings. The van der Waals surface area contributed by atoms with Crippen molar-refractivity contribution in [3.8, 4) is 0 Å². The van der Waals surface area contributed by atoms with Gasteiger partial charge in [-0.2, -0.15) is 0 Å². The minimum absolute atomic E-state index is 0.458. The Balaban J connectivity index is 2.04. The lowest BCUT2D eigenvalue weighted by atomic mass is 9.61. The molecule has 94 valence electrons. The van der Waals surface area contributed by atoms with E-state index in [0.717, 1.165) is 17.8 Å². The average Bonchev–Trinajstić information content (AvgIpc) is 2.69. The van der Waals surface area contributed by atoms with E-state index in [0.29, 0.717) is 11.5 Å². The fourth-order valence-corrected chi connectivity index (χ4v) is 4.32. The number of nitrogens with two attached hydrogens (primary N) is 1. The molecule has 2 N–H and O–H groups in total. The van der Waals surface area contributed by atoms with Crippen LogP contribution < -0.4 is 5.73 Å². The lowest BCUT2D eigenvalue weighted by Crippen LogP contribution is -2.46. The summed E-state index contributed by atoms with van der Waals surface area (Å²) in [4.78, 5) is 0. The lowest BCUT2D eigenvalue weighted by Gasteiger charge is -2.46. The molecule has 0 spiro atoms. The van der Waals surface area contributed by atoms with Crippen LogP contribution in [-0.4, -0.2) is 6.04 Å². The van der Waals surface area contributed by atoms with Crippen molar-refractivity contribution in [1.82, 2.24) is 0 Å². The van der Waals surface area contributed by atoms with E-state index in [1.54, 1.807) is 0 Å². The van der Waals surface area contributed by atoms with Gasteiger partial charge in [-0.15, -0.1) is 0 Å². The van der Waals surface area contributed by atoms with Gasteiger partial charge in [0.15, 0.2) is 0 Å². The minimum Gasteiger partial charge on any atom is -0.327 e. The van der Waals surface area contributed by atoms with Crippen molar-refractivity contribution in [3.05, 3.63) is 0 Å². The highest BCUT2D eigenvalue weighted by molar-refractivity contribution is 4.94. The van der Waals surface area contributed by atoms with Gasteiger partial charge < -0.3 is 5.73 Å². The first kappa shape index (κ1) is 12.4. The highest BCUT2D eigenvalue weighted by Crippen LogP contribution is 2.49. The lowest BCUT2D eigenvalue weighted by molar-refractivity contribution is 0.0574. The molecule has 0 amide bonds. The van der Waals surface area contributed by atoms with Crippen molar-refractivity contribution >= 4 is 0 Å². The molecule has 1 heteroatoms. The third-order valence-electron chi connectivity index (χ3n) is 5.52. The summed E-state index contributed by atoms with van der Waals surface area (Å²) in [5.41, 5.74) is 6.91. The van der Waals surface area contributed by atoms with Crippen LogP contribution in [0.4, 0.5) is 0 Å². The molecule has 2 rings (SSSR count). The van der Waals surface area contributed by atoms with Crippen LogP contribution in [0, 0.1) is 23.2 Å². The Labute approximate surface area is 101 Å². The molecule has 1 nitrogen and oxygen atoms in total. The van der Waals surface area contributed by atoms with Gasteiger partial charge in [0.2, 0.25) is 0 Å². The van der Waals surface area contributed by atoms with E-state index in [-0.39, 0.29) is 0 Å². The second-order valence-electron chi connectivity index (χ2n) is 6.99. The Kier molecular flexibility index (Phi) is 3.63. The molecule has 0 aliphatic heterocycles. The molecule has 0 saturated heterocycles. The van der Waals surface area contributed by atoms with Crippen LogP contribution in [0.3, 0.4) is 0 Å². The second kappa shape index (κ2) is 4.68. The first-order chi connectivity index (χ1) is 7.51. The van der Waals surface area contributed by atoms with Crippen LogP contribution in [0.25, 0.3) is 0 Å². The van der Waals surface area contributed by atoms with Crippen LogP contribution in [0.1, 0.15) is 65.7 Å². The van der Waals surface area contributed by atoms with Gasteiger partial charge in [0, 0.05) is 6.04 Å². The van der Waals surface area contributed by atoms with Gasteiger partial charge in [-0.25, -0.2) is 0 Å². The summed E-state index contributed by atoms with van der Waals surface area (Å²) in [6, 6.07) is 0.458. The minimum atomic E-state index is 0.458. The van der Waals surface area contributed by atoms with Gasteiger partial charge in [-0.1, -0.05) is 40.0 Å². The normalized spacial score (nSPS) is 37.9. The van der Waals surface area contributed by atoms with Gasteiger partial charge in [0.25, 0.3) is 0 Å². The van der Waals surface area contributed by atoms with Crippen molar-refractivity contribution in [2.75, 3.05) is 0 Å². The maximum absolute atomic E-state index is 6.42. The van der Waals surface area contributed by atoms with Gasteiger partial charge in [0.05, 0.1) is 0 Å². The van der Waals surface area contributed by atoms with E-state index < -0.39 is 0 Å². The third kappa shape index (κ3) is 2.30. The molecular weight excluding hydrogens is 194 g/mol. The van der Waals surface area contributed by atoms with Crippen LogP contribution in [0.15, 0.2) is 0 Å². The summed E-state index contributed by atoms with van der Waals surface area (Å²) < 4.78 is 0. The first-order valence-electron chi connectivity index (χ1n) is 7.27. The van der Waals surface area contributed by atoms with Crippen molar-refractivity contribution in [2.24, 2.45) is 28.9 Å². The molecule has 2 saturated carbocycles. The van der Waals surface area contributed by atoms with Gasteiger partial charge in [-0.3, -0.25) is 0 Å². The van der Waals surface area contributed by atoms with Crippen molar-refractivity contribution in [1.29, 1.82) is 0 Å². The van der Waals surface area contributed by atoms with Crippen LogP contribution in [-0.2, 0) is 0 Å². The molecular formula is C15H29N. The maximum atomic E-state index is 6.42. The van der Waals surface area contributed by atoms with Gasteiger partial charge in [0.1, 0.15) is 0 Å². The Hall–Kier alpha value is -0.0400. The summed E-state index contributed by atoms with van der Waals surface area (Å²) in [5.74, 6) is 2.56. The molecule has 0 aromatic carbocycles. The van der Waals surface area contributed by atoms with E-state index in [9.17, 15) is 0 Å². The molecule has 0 radical (unpaired) electrons. The number of hydrogen-bond donors (Lipinski definition) is 1. The average molecular weight is 223 g/mol. The van der Waals surface area contributed by atoms with Gasteiger partial charge >= 0.3 is 0 Å². The largest absolute Gasteiger partial charge is 0.327 e. The fraction of sp³-hybridized carbons (Fsp3) is 1.00. The van der Waals surface area contributed by atoms with E-state index in [2.05, 4.69) is 20.8 Å². The first-order valence-corrected chi connectivity index (χ1v) is 7.27. The summed E-state index contributed by atoms with van der Waals surface area (Å²) in [6.07, 6.45) is 9.82. The third-order valence-corrected chi connectivity index (χ3v) is 5.52. The Bertz CT molecular complexity index is 228. The fourth-order valence-electron chi connectivity index (χ4n) is 4.32. The van der Waals surface area contributed by atoms with Crippen molar-refractivity contribution in [3.63, 3.8) is 0 Å². The maximum Gasteiger partial charge on any atom is 0.00748 e. The number of hydrogen-bond acceptors (Lipinski definition) is 1. The highest BCUT2D eigenvalue weighted by atomic mass is 14.7. The molecule has 0 bridgehead atoms. The standard InChI is InChI=1S/C15H29N/c1-11-8-9-13(14(16)10-11)15(2,3)12-6-4-5-7-12/h11-14H,4-10,16H2,1-3H3. The van der Waals surface area contributed by atoms with Crippen molar-refractivity contribution in [2.45, 2.75) is 71.8 Å². The molecule has 3 unspecified atom stereocenters. The smallest absolute Gasteiger partial charge is 0.00748 e. The van der Waals surface area contributed by atoms with E-state index in [4.69, 9.17) is 5.73 Å². The van der Waals surface area contributed by atoms with Crippen LogP contribution in [0.2, 0.25) is 0 Å². The van der Waals surface area contributed by atoms with Crippen molar-refractivity contribution < 1.29 is 0 Å². The zero-order chi connectivity index (χ0) is 11.8. The number of rotatable bonds is 2. The predicted molar refractivity (Wildman–Crippen MR) is 70.2 cm³/mol. The molecule has 2 aliphatic carbocycles. The zero-order valence-corrected chi connectivity index (χ0v) is 11.3. The summed E-state index contributed by atoms with van der Waals surface area (Å²) in [7, 11) is 0. The molecule has 16 heavy (non-hydrogen) atoms. The Morgan fingerprint density at radius 2 is 1.62 bits per heavy atom. The quantitative estimate of drug-likeness (QED) is 0.753. The molecule has 0 heterocycles. The summed E-state index contributed by atoms with van der Waals surface area (Å²) in [5, 5.41) is 0. The highest BCUT2D eigenvalue weighted by Gasteiger charge is 2.42.